The van der Waals surface area contributed by atoms with Gasteiger partial charge in [0.25, 0.3) is 0 Å². The molecule has 0 aliphatic carbocycles. The van der Waals surface area contributed by atoms with Crippen LogP contribution in [0.1, 0.15) is 65.2 Å². The van der Waals surface area contributed by atoms with Gasteiger partial charge in [-0.05, 0) is 40.0 Å². The molecule has 0 rings (SSSR count). The average Bonchev–Trinajstić information content (AvgIpc) is 2.24. The van der Waals surface area contributed by atoms with Crippen molar-refractivity contribution >= 4 is 0 Å². The van der Waals surface area contributed by atoms with Gasteiger partial charge in [0, 0.05) is 0 Å². The van der Waals surface area contributed by atoms with Crippen LogP contribution in [0.3, 0.4) is 0 Å². The van der Waals surface area contributed by atoms with Crippen molar-refractivity contribution < 1.29 is 0 Å². The van der Waals surface area contributed by atoms with Gasteiger partial charge < -0.3 is 10.6 Å². The molecule has 0 aromatic rings. The van der Waals surface area contributed by atoms with Crippen molar-refractivity contribution in [1.82, 2.24) is 4.90 Å². The van der Waals surface area contributed by atoms with E-state index >= 15 is 0 Å². The van der Waals surface area contributed by atoms with Crippen LogP contribution >= 0.6 is 0 Å². The van der Waals surface area contributed by atoms with E-state index < -0.39 is 0 Å². The van der Waals surface area contributed by atoms with Gasteiger partial charge >= 0.3 is 0 Å². The van der Waals surface area contributed by atoms with E-state index in [-0.39, 0.29) is 0 Å². The minimum absolute atomic E-state index is 0.869. The Morgan fingerprint density at radius 1 is 0.750 bits per heavy atom. The third-order valence-corrected chi connectivity index (χ3v) is 2.48. The number of unbranched alkanes of at least 4 members (excludes halogenated alkanes) is 6. The number of hydrogen-bond donors (Lipinski definition) is 1. The summed E-state index contributed by atoms with van der Waals surface area (Å²) in [6.07, 6.45) is 10.8. The molecule has 0 saturated carbocycles. The van der Waals surface area contributed by atoms with Crippen LogP contribution < -0.4 is 5.73 Å². The lowest BCUT2D eigenvalue weighted by atomic mass is 10.1. The molecule has 0 aliphatic heterocycles. The summed E-state index contributed by atoms with van der Waals surface area (Å²) in [5, 5.41) is 0. The van der Waals surface area contributed by atoms with Crippen molar-refractivity contribution in [2.24, 2.45) is 5.73 Å². The number of hydrogen-bond acceptors (Lipinski definition) is 2. The Bertz CT molecular complexity index is 94.9. The van der Waals surface area contributed by atoms with Gasteiger partial charge in [-0.2, -0.15) is 0 Å². The molecule has 0 aromatic carbocycles. The summed E-state index contributed by atoms with van der Waals surface area (Å²) in [7, 11) is 4.17. The molecule has 100 valence electrons. The van der Waals surface area contributed by atoms with Crippen LogP contribution in [-0.4, -0.2) is 32.1 Å². The second-order valence-electron chi connectivity index (χ2n) is 4.71. The average molecular weight is 230 g/mol. The summed E-state index contributed by atoms with van der Waals surface area (Å²) < 4.78 is 0. The second kappa shape index (κ2) is 17.3. The van der Waals surface area contributed by atoms with Gasteiger partial charge in [0.05, 0.1) is 0 Å². The van der Waals surface area contributed by atoms with Crippen molar-refractivity contribution in [3.8, 4) is 0 Å². The highest BCUT2D eigenvalue weighted by molar-refractivity contribution is 4.44. The van der Waals surface area contributed by atoms with E-state index in [0.29, 0.717) is 0 Å². The van der Waals surface area contributed by atoms with E-state index in [1.807, 2.05) is 0 Å². The molecule has 0 amide bonds. The first-order valence-corrected chi connectivity index (χ1v) is 7.03. The molecule has 0 saturated heterocycles. The highest BCUT2D eigenvalue weighted by atomic mass is 15.0. The third kappa shape index (κ3) is 23.6. The zero-order valence-corrected chi connectivity index (χ0v) is 12.1. The van der Waals surface area contributed by atoms with Crippen LogP contribution in [0.4, 0.5) is 0 Å². The maximum absolute atomic E-state index is 5.37. The van der Waals surface area contributed by atoms with Gasteiger partial charge in [-0.15, -0.1) is 0 Å². The fraction of sp³-hybridized carbons (Fsp3) is 1.00. The van der Waals surface area contributed by atoms with Gasteiger partial charge in [-0.25, -0.2) is 0 Å². The summed E-state index contributed by atoms with van der Waals surface area (Å²) >= 11 is 0. The van der Waals surface area contributed by atoms with Crippen molar-refractivity contribution in [3.05, 3.63) is 0 Å². The van der Waals surface area contributed by atoms with E-state index in [1.165, 1.54) is 57.9 Å². The molecule has 0 heterocycles. The zero-order chi connectivity index (χ0) is 12.6. The van der Waals surface area contributed by atoms with E-state index in [0.717, 1.165) is 6.54 Å². The van der Waals surface area contributed by atoms with Gasteiger partial charge in [-0.1, -0.05) is 52.4 Å². The molecule has 2 heteroatoms. The van der Waals surface area contributed by atoms with Crippen molar-refractivity contribution in [1.29, 1.82) is 0 Å². The largest absolute Gasteiger partial charge is 0.330 e. The van der Waals surface area contributed by atoms with Crippen molar-refractivity contribution in [3.63, 3.8) is 0 Å². The summed E-state index contributed by atoms with van der Waals surface area (Å²) in [6, 6.07) is 0. The van der Waals surface area contributed by atoms with Crippen LogP contribution in [0.2, 0.25) is 0 Å². The zero-order valence-electron chi connectivity index (χ0n) is 12.1. The minimum Gasteiger partial charge on any atom is -0.330 e. The molecule has 0 bridgehead atoms. The SMILES string of the molecule is CCCCCCCCCN.CCCN(C)C. The van der Waals surface area contributed by atoms with Gasteiger partial charge in [0.1, 0.15) is 0 Å². The Kier molecular flexibility index (Phi) is 19.8. The lowest BCUT2D eigenvalue weighted by Gasteiger charge is -2.03. The van der Waals surface area contributed by atoms with Crippen LogP contribution in [0.5, 0.6) is 0 Å². The van der Waals surface area contributed by atoms with E-state index in [2.05, 4.69) is 32.8 Å². The quantitative estimate of drug-likeness (QED) is 0.613. The number of nitrogens with two attached hydrogens (primary N) is 1. The van der Waals surface area contributed by atoms with E-state index in [1.54, 1.807) is 0 Å². The summed E-state index contributed by atoms with van der Waals surface area (Å²) in [5.74, 6) is 0. The molecule has 2 N–H and O–H groups in total. The Hall–Kier alpha value is -0.0800. The molecule has 0 unspecified atom stereocenters. The molecule has 16 heavy (non-hydrogen) atoms. The maximum Gasteiger partial charge on any atom is -0.00275 e. The standard InChI is InChI=1S/C9H21N.C5H13N/c1-2-3-4-5-6-7-8-9-10;1-4-5-6(2)3/h2-10H2,1H3;4-5H2,1-3H3. The van der Waals surface area contributed by atoms with E-state index in [9.17, 15) is 0 Å². The van der Waals surface area contributed by atoms with Crippen molar-refractivity contribution in [2.45, 2.75) is 65.2 Å². The lowest BCUT2D eigenvalue weighted by Crippen LogP contribution is -2.11. The van der Waals surface area contributed by atoms with Gasteiger partial charge in [-0.3, -0.25) is 0 Å². The molecule has 0 atom stereocenters. The van der Waals surface area contributed by atoms with Crippen LogP contribution in [0.15, 0.2) is 0 Å². The van der Waals surface area contributed by atoms with Crippen LogP contribution in [0, 0.1) is 0 Å². The molecule has 0 radical (unpaired) electrons. The highest BCUT2D eigenvalue weighted by Crippen LogP contribution is 2.05. The van der Waals surface area contributed by atoms with Crippen LogP contribution in [0.25, 0.3) is 0 Å². The minimum atomic E-state index is 0.869. The molecule has 0 spiro atoms. The predicted molar refractivity (Wildman–Crippen MR) is 75.9 cm³/mol. The Balaban J connectivity index is 0. The fourth-order valence-corrected chi connectivity index (χ4v) is 1.55. The Labute approximate surface area is 104 Å². The van der Waals surface area contributed by atoms with Gasteiger partial charge in [0.15, 0.2) is 0 Å². The smallest absolute Gasteiger partial charge is 0.00275 e. The van der Waals surface area contributed by atoms with E-state index in [4.69, 9.17) is 5.73 Å². The summed E-state index contributed by atoms with van der Waals surface area (Å²) in [6.45, 7) is 6.51. The number of rotatable bonds is 9. The number of nitrogens with zero attached hydrogens (tertiary/aromatic N) is 1. The summed E-state index contributed by atoms with van der Waals surface area (Å²) in [5.41, 5.74) is 5.37. The maximum atomic E-state index is 5.37. The normalized spacial score (nSPS) is 10.1. The Morgan fingerprint density at radius 3 is 1.56 bits per heavy atom. The first-order chi connectivity index (χ1) is 7.68. The molecule has 0 aromatic heterocycles. The second-order valence-corrected chi connectivity index (χ2v) is 4.71. The molecular weight excluding hydrogens is 196 g/mol. The Morgan fingerprint density at radius 2 is 1.25 bits per heavy atom. The first-order valence-electron chi connectivity index (χ1n) is 7.03. The fourth-order valence-electron chi connectivity index (χ4n) is 1.55. The van der Waals surface area contributed by atoms with Crippen molar-refractivity contribution in [2.75, 3.05) is 27.2 Å². The lowest BCUT2D eigenvalue weighted by molar-refractivity contribution is 0.408. The van der Waals surface area contributed by atoms with Crippen LogP contribution in [-0.2, 0) is 0 Å². The molecule has 0 aliphatic rings. The molecule has 2 nitrogen and oxygen atoms in total. The third-order valence-electron chi connectivity index (χ3n) is 2.48. The molecule has 0 fully saturated rings. The monoisotopic (exact) mass is 230 g/mol. The van der Waals surface area contributed by atoms with Gasteiger partial charge in [0.2, 0.25) is 0 Å². The predicted octanol–water partition coefficient (Wildman–Crippen LogP) is 3.65. The molecular formula is C14H34N2. The summed E-state index contributed by atoms with van der Waals surface area (Å²) in [4.78, 5) is 2.18. The highest BCUT2D eigenvalue weighted by Gasteiger charge is 1.87. The topological polar surface area (TPSA) is 29.3 Å². The first kappa shape index (κ1) is 18.3.